The Morgan fingerprint density at radius 2 is 1.94 bits per heavy atom. The molecule has 1 aromatic carbocycles. The minimum Gasteiger partial charge on any atom is -0.469 e. The lowest BCUT2D eigenvalue weighted by Gasteiger charge is -2.37. The number of amides is 1. The van der Waals surface area contributed by atoms with Gasteiger partial charge >= 0.3 is 5.97 Å². The molecule has 0 unspecified atom stereocenters. The number of unbranched alkanes of at least 4 members (excludes halogenated alkanes) is 1. The Balaban J connectivity index is 0.00000456. The minimum atomic E-state index is -0.280. The molecule has 0 radical (unpaired) electrons. The summed E-state index contributed by atoms with van der Waals surface area (Å²) in [6.45, 7) is 8.62. The summed E-state index contributed by atoms with van der Waals surface area (Å²) in [6.07, 6.45) is 2.96. The number of carbonyl (C=O) groups is 2. The van der Waals surface area contributed by atoms with Gasteiger partial charge in [0.15, 0.2) is 5.69 Å². The number of para-hydroxylation sites is 1. The highest BCUT2D eigenvalue weighted by Crippen LogP contribution is 2.24. The van der Waals surface area contributed by atoms with E-state index in [9.17, 15) is 9.59 Å². The Hall–Kier alpha value is -2.49. The van der Waals surface area contributed by atoms with Gasteiger partial charge in [0.25, 0.3) is 5.91 Å². The molecule has 0 spiro atoms. The molecular weight excluding hydrogens is 482 g/mol. The van der Waals surface area contributed by atoms with Gasteiger partial charge in [-0.25, -0.2) is 4.68 Å². The van der Waals surface area contributed by atoms with Crippen LogP contribution in [0.1, 0.15) is 54.9 Å². The van der Waals surface area contributed by atoms with Crippen LogP contribution in [0.4, 0.5) is 0 Å². The van der Waals surface area contributed by atoms with E-state index < -0.39 is 0 Å². The van der Waals surface area contributed by atoms with E-state index in [1.165, 1.54) is 7.11 Å². The minimum absolute atomic E-state index is 0. The second kappa shape index (κ2) is 14.3. The van der Waals surface area contributed by atoms with Crippen LogP contribution in [0.25, 0.3) is 5.69 Å². The van der Waals surface area contributed by atoms with Crippen LogP contribution >= 0.6 is 12.4 Å². The molecule has 9 nitrogen and oxygen atoms in total. The second-order valence-corrected chi connectivity index (χ2v) is 9.65. The van der Waals surface area contributed by atoms with Crippen LogP contribution in [-0.4, -0.2) is 78.3 Å². The van der Waals surface area contributed by atoms with E-state index in [1.54, 1.807) is 11.8 Å². The topological polar surface area (TPSA) is 98.6 Å². The molecule has 1 amide bonds. The zero-order valence-electron chi connectivity index (χ0n) is 22.0. The van der Waals surface area contributed by atoms with Gasteiger partial charge in [0.2, 0.25) is 0 Å². The highest BCUT2D eigenvalue weighted by atomic mass is 35.5. The van der Waals surface area contributed by atoms with Crippen molar-refractivity contribution in [2.24, 2.45) is 11.8 Å². The zero-order valence-corrected chi connectivity index (χ0v) is 22.8. The number of esters is 1. The number of rotatable bonds is 11. The fraction of sp³-hybridized carbons (Fsp3) is 0.615. The van der Waals surface area contributed by atoms with Gasteiger partial charge < -0.3 is 19.7 Å². The van der Waals surface area contributed by atoms with E-state index in [1.807, 2.05) is 36.1 Å². The number of halogens is 1. The third-order valence-corrected chi connectivity index (χ3v) is 6.45. The molecule has 2 aromatic rings. The largest absolute Gasteiger partial charge is 0.469 e. The van der Waals surface area contributed by atoms with E-state index in [4.69, 9.17) is 9.47 Å². The normalized spacial score (nSPS) is 17.5. The number of carbonyl (C=O) groups excluding carboxylic acids is 2. The number of nitrogens with zero attached hydrogens (tertiary/aromatic N) is 4. The molecule has 200 valence electrons. The van der Waals surface area contributed by atoms with Gasteiger partial charge in [0, 0.05) is 39.4 Å². The van der Waals surface area contributed by atoms with Crippen molar-refractivity contribution < 1.29 is 19.1 Å². The maximum absolute atomic E-state index is 14.0. The van der Waals surface area contributed by atoms with E-state index in [0.29, 0.717) is 44.8 Å². The van der Waals surface area contributed by atoms with E-state index >= 15 is 0 Å². The van der Waals surface area contributed by atoms with Crippen molar-refractivity contribution >= 4 is 24.3 Å². The predicted octanol–water partition coefficient (Wildman–Crippen LogP) is 3.22. The molecule has 1 aliphatic rings. The summed E-state index contributed by atoms with van der Waals surface area (Å²) in [5, 5.41) is 12.1. The van der Waals surface area contributed by atoms with Gasteiger partial charge in [-0.1, -0.05) is 37.3 Å². The van der Waals surface area contributed by atoms with Crippen molar-refractivity contribution in [3.8, 4) is 5.69 Å². The SMILES string of the molecule is COCCCCc1c(C(=O)N(CC(C)C)[C@@H]2CNC[C@H](C(=O)OC)C2)nnn1-c1ccccc1C.Cl. The van der Waals surface area contributed by atoms with E-state index in [-0.39, 0.29) is 42.2 Å². The molecule has 0 saturated carbocycles. The van der Waals surface area contributed by atoms with Gasteiger partial charge in [-0.3, -0.25) is 9.59 Å². The van der Waals surface area contributed by atoms with Gasteiger partial charge in [0.05, 0.1) is 24.4 Å². The number of hydrogen-bond acceptors (Lipinski definition) is 7. The van der Waals surface area contributed by atoms with E-state index in [2.05, 4.69) is 29.5 Å². The molecule has 1 aromatic heterocycles. The Bertz CT molecular complexity index is 996. The van der Waals surface area contributed by atoms with Crippen LogP contribution in [0.3, 0.4) is 0 Å². The summed E-state index contributed by atoms with van der Waals surface area (Å²) in [5.74, 6) is -0.410. The molecule has 0 bridgehead atoms. The molecule has 10 heteroatoms. The average molecular weight is 522 g/mol. The van der Waals surface area contributed by atoms with Crippen molar-refractivity contribution in [3.05, 3.63) is 41.2 Å². The summed E-state index contributed by atoms with van der Waals surface area (Å²) in [4.78, 5) is 28.1. The smallest absolute Gasteiger partial charge is 0.310 e. The Kier molecular flexibility index (Phi) is 11.8. The number of ether oxygens (including phenoxy) is 2. The molecule has 1 N–H and O–H groups in total. The molecule has 1 aliphatic heterocycles. The van der Waals surface area contributed by atoms with Crippen LogP contribution in [0.15, 0.2) is 24.3 Å². The Morgan fingerprint density at radius 3 is 2.61 bits per heavy atom. The number of piperidine rings is 1. The summed E-state index contributed by atoms with van der Waals surface area (Å²) < 4.78 is 12.0. The van der Waals surface area contributed by atoms with Gasteiger partial charge in [-0.15, -0.1) is 17.5 Å². The second-order valence-electron chi connectivity index (χ2n) is 9.65. The maximum Gasteiger partial charge on any atom is 0.310 e. The molecule has 1 fully saturated rings. The standard InChI is InChI=1S/C26H39N5O4.ClH/c1-18(2)17-30(21-14-20(15-27-16-21)26(33)35-5)25(32)24-23(12-8-9-13-34-4)31(29-28-24)22-11-7-6-10-19(22)3;/h6-7,10-11,18,20-21,27H,8-9,12-17H2,1-5H3;1H/t20-,21+;/m1./s1. The predicted molar refractivity (Wildman–Crippen MR) is 141 cm³/mol. The molecule has 1 saturated heterocycles. The van der Waals surface area contributed by atoms with Crippen LogP contribution in [0.2, 0.25) is 0 Å². The van der Waals surface area contributed by atoms with Gasteiger partial charge in [-0.05, 0) is 50.2 Å². The molecule has 36 heavy (non-hydrogen) atoms. The summed E-state index contributed by atoms with van der Waals surface area (Å²) >= 11 is 0. The van der Waals surface area contributed by atoms with Crippen molar-refractivity contribution in [3.63, 3.8) is 0 Å². The number of methoxy groups -OCH3 is 2. The van der Waals surface area contributed by atoms with Crippen LogP contribution < -0.4 is 5.32 Å². The first-order valence-corrected chi connectivity index (χ1v) is 12.5. The fourth-order valence-corrected chi connectivity index (χ4v) is 4.66. The van der Waals surface area contributed by atoms with Crippen molar-refractivity contribution in [2.45, 2.75) is 52.5 Å². The lowest BCUT2D eigenvalue weighted by Crippen LogP contribution is -2.53. The Labute approximate surface area is 220 Å². The summed E-state index contributed by atoms with van der Waals surface area (Å²) in [6, 6.07) is 7.84. The van der Waals surface area contributed by atoms with Crippen LogP contribution in [0.5, 0.6) is 0 Å². The first-order valence-electron chi connectivity index (χ1n) is 12.5. The number of nitrogens with one attached hydrogen (secondary N) is 1. The lowest BCUT2D eigenvalue weighted by molar-refractivity contribution is -0.146. The summed E-state index contributed by atoms with van der Waals surface area (Å²) in [5.41, 5.74) is 3.17. The average Bonchev–Trinajstić information content (AvgIpc) is 3.28. The number of aromatic nitrogens is 3. The highest BCUT2D eigenvalue weighted by molar-refractivity contribution is 5.93. The molecule has 2 heterocycles. The number of hydrogen-bond donors (Lipinski definition) is 1. The number of benzene rings is 1. The third-order valence-electron chi connectivity index (χ3n) is 6.45. The van der Waals surface area contributed by atoms with Crippen molar-refractivity contribution in [1.29, 1.82) is 0 Å². The fourth-order valence-electron chi connectivity index (χ4n) is 4.66. The zero-order chi connectivity index (χ0) is 25.4. The van der Waals surface area contributed by atoms with Crippen LogP contribution in [0, 0.1) is 18.8 Å². The quantitative estimate of drug-likeness (QED) is 0.358. The monoisotopic (exact) mass is 521 g/mol. The van der Waals surface area contributed by atoms with Crippen LogP contribution in [-0.2, 0) is 20.7 Å². The summed E-state index contributed by atoms with van der Waals surface area (Å²) in [7, 11) is 3.10. The maximum atomic E-state index is 14.0. The third kappa shape index (κ3) is 7.27. The van der Waals surface area contributed by atoms with Crippen molar-refractivity contribution in [2.75, 3.05) is 40.5 Å². The Morgan fingerprint density at radius 1 is 1.19 bits per heavy atom. The molecule has 3 rings (SSSR count). The highest BCUT2D eigenvalue weighted by Gasteiger charge is 2.36. The lowest BCUT2D eigenvalue weighted by atomic mass is 9.93. The van der Waals surface area contributed by atoms with Crippen molar-refractivity contribution in [1.82, 2.24) is 25.2 Å². The first kappa shape index (κ1) is 29.7. The molecule has 2 atom stereocenters. The molecule has 0 aliphatic carbocycles. The number of aryl methyl sites for hydroxylation is 1. The first-order chi connectivity index (χ1) is 16.9. The van der Waals surface area contributed by atoms with E-state index in [0.717, 1.165) is 29.8 Å². The molecular formula is C26H40ClN5O4. The van der Waals surface area contributed by atoms with Gasteiger partial charge in [0.1, 0.15) is 0 Å². The van der Waals surface area contributed by atoms with Gasteiger partial charge in [-0.2, -0.15) is 0 Å².